The van der Waals surface area contributed by atoms with Crippen molar-refractivity contribution in [2.24, 2.45) is 0 Å². The second kappa shape index (κ2) is 11.8. The summed E-state index contributed by atoms with van der Waals surface area (Å²) in [7, 11) is 1.48. The smallest absolute Gasteiger partial charge is 0.417 e. The maximum Gasteiger partial charge on any atom is 0.417 e. The van der Waals surface area contributed by atoms with Crippen molar-refractivity contribution in [3.63, 3.8) is 0 Å². The zero-order valence-corrected chi connectivity index (χ0v) is 26.6. The van der Waals surface area contributed by atoms with Crippen LogP contribution in [0.4, 0.5) is 37.3 Å². The van der Waals surface area contributed by atoms with Gasteiger partial charge in [-0.15, -0.1) is 0 Å². The monoisotopic (exact) mass is 691 g/mol. The first-order valence-electron chi connectivity index (χ1n) is 15.4. The fraction of sp³-hybridized carbons (Fsp3) is 0.438. The Morgan fingerprint density at radius 1 is 1.19 bits per heavy atom. The number of hydrogen-bond acceptors (Lipinski definition) is 9. The highest BCUT2D eigenvalue weighted by atomic mass is 32.1. The minimum absolute atomic E-state index is 0.00213. The Morgan fingerprint density at radius 2 is 1.98 bits per heavy atom. The number of fused-ring (bicyclic) bond motifs is 3. The number of hydrogen-bond donors (Lipinski definition) is 1. The molecule has 9 nitrogen and oxygen atoms in total. The number of aromatic nitrogens is 3. The number of benzene rings is 2. The van der Waals surface area contributed by atoms with Gasteiger partial charge in [-0.1, -0.05) is 17.9 Å². The Balaban J connectivity index is 1.38. The standard InChI is InChI=1S/C32H31F6N7O2S/c1-3-25(46)44-13-22(35)24(14-44)43(2)28-19-9-20(32(36,37)38)18(17-5-6-21(34)27-26(17)41-29(39)48-27)10-23(19)40-30(42-28)47-15-31-7-4-8-45(31)12-16(33)11-31/h3,5-6,9-10,16,22,24H,1,4,7-8,11-15H2,2H3,(H2,39,41)/t16-,22-,24+,31+/m1/s1. The van der Waals surface area contributed by atoms with Gasteiger partial charge in [0, 0.05) is 37.5 Å². The largest absolute Gasteiger partial charge is 0.461 e. The number of rotatable bonds is 7. The predicted molar refractivity (Wildman–Crippen MR) is 170 cm³/mol. The van der Waals surface area contributed by atoms with Crippen molar-refractivity contribution in [1.82, 2.24) is 24.8 Å². The highest BCUT2D eigenvalue weighted by molar-refractivity contribution is 7.22. The van der Waals surface area contributed by atoms with Gasteiger partial charge in [0.1, 0.15) is 30.6 Å². The van der Waals surface area contributed by atoms with Crippen LogP contribution in [0.15, 0.2) is 36.9 Å². The molecule has 0 aliphatic carbocycles. The van der Waals surface area contributed by atoms with Crippen LogP contribution in [-0.4, -0.2) is 94.4 Å². The number of nitrogen functional groups attached to an aromatic ring is 1. The van der Waals surface area contributed by atoms with Crippen molar-refractivity contribution in [2.45, 2.75) is 49.4 Å². The Kier molecular flexibility index (Phi) is 7.93. The third-order valence-electron chi connectivity index (χ3n) is 9.67. The summed E-state index contributed by atoms with van der Waals surface area (Å²) in [6.07, 6.45) is -4.57. The van der Waals surface area contributed by atoms with E-state index in [9.17, 15) is 26.7 Å². The second-order valence-electron chi connectivity index (χ2n) is 12.6. The van der Waals surface area contributed by atoms with Crippen LogP contribution in [0.3, 0.4) is 0 Å². The summed E-state index contributed by atoms with van der Waals surface area (Å²) >= 11 is 0.815. The van der Waals surface area contributed by atoms with E-state index in [4.69, 9.17) is 10.5 Å². The van der Waals surface area contributed by atoms with Gasteiger partial charge in [-0.05, 0) is 55.3 Å². The van der Waals surface area contributed by atoms with E-state index in [1.807, 2.05) is 4.90 Å². The van der Waals surface area contributed by atoms with Crippen LogP contribution < -0.4 is 15.4 Å². The van der Waals surface area contributed by atoms with Crippen molar-refractivity contribution >= 4 is 49.3 Å². The molecular formula is C32H31F6N7O2S. The molecule has 3 aliphatic rings. The minimum Gasteiger partial charge on any atom is -0.461 e. The van der Waals surface area contributed by atoms with E-state index in [-0.39, 0.29) is 81.9 Å². The number of alkyl halides is 5. The molecule has 3 saturated heterocycles. The number of likely N-dealkylation sites (tertiary alicyclic amines) is 1. The molecule has 2 aromatic carbocycles. The molecule has 0 unspecified atom stereocenters. The van der Waals surface area contributed by atoms with Crippen LogP contribution in [-0.2, 0) is 11.0 Å². The average molecular weight is 692 g/mol. The van der Waals surface area contributed by atoms with E-state index in [0.717, 1.165) is 36.0 Å². The maximum absolute atomic E-state index is 15.4. The van der Waals surface area contributed by atoms with Crippen molar-refractivity contribution in [3.05, 3.63) is 48.3 Å². The van der Waals surface area contributed by atoms with Gasteiger partial charge in [-0.25, -0.2) is 18.2 Å². The van der Waals surface area contributed by atoms with Crippen LogP contribution in [0.1, 0.15) is 24.8 Å². The quantitative estimate of drug-likeness (QED) is 0.193. The summed E-state index contributed by atoms with van der Waals surface area (Å²) < 4.78 is 95.1. The molecule has 0 spiro atoms. The molecular weight excluding hydrogens is 660 g/mol. The number of carbonyl (C=O) groups excluding carboxylic acids is 1. The number of amides is 1. The molecule has 7 rings (SSSR count). The number of ether oxygens (including phenoxy) is 1. The van der Waals surface area contributed by atoms with E-state index in [2.05, 4.69) is 21.5 Å². The van der Waals surface area contributed by atoms with Gasteiger partial charge in [0.15, 0.2) is 5.13 Å². The molecule has 0 bridgehead atoms. The van der Waals surface area contributed by atoms with Crippen molar-refractivity contribution in [3.8, 4) is 17.1 Å². The number of nitrogens with zero attached hydrogens (tertiary/aromatic N) is 6. The Bertz CT molecular complexity index is 1940. The normalized spacial score (nSPS) is 24.5. The zero-order valence-electron chi connectivity index (χ0n) is 25.7. The molecule has 2 aromatic heterocycles. The summed E-state index contributed by atoms with van der Waals surface area (Å²) in [5.41, 5.74) is 3.84. The van der Waals surface area contributed by atoms with E-state index in [1.165, 1.54) is 29.0 Å². The van der Waals surface area contributed by atoms with Crippen molar-refractivity contribution in [2.75, 3.05) is 50.5 Å². The number of thiazole rings is 1. The van der Waals surface area contributed by atoms with Crippen LogP contribution in [0.2, 0.25) is 0 Å². The van der Waals surface area contributed by atoms with E-state index in [0.29, 0.717) is 13.0 Å². The lowest BCUT2D eigenvalue weighted by Crippen LogP contribution is -2.43. The first kappa shape index (κ1) is 32.4. The lowest BCUT2D eigenvalue weighted by atomic mass is 9.95. The summed E-state index contributed by atoms with van der Waals surface area (Å²) in [5.74, 6) is -1.21. The van der Waals surface area contributed by atoms with E-state index < -0.39 is 47.4 Å². The third-order valence-corrected chi connectivity index (χ3v) is 10.6. The first-order chi connectivity index (χ1) is 22.8. The minimum atomic E-state index is -4.89. The fourth-order valence-electron chi connectivity index (χ4n) is 7.36. The Hall–Kier alpha value is -4.18. The van der Waals surface area contributed by atoms with Gasteiger partial charge in [-0.3, -0.25) is 9.69 Å². The predicted octanol–water partition coefficient (Wildman–Crippen LogP) is 5.77. The second-order valence-corrected chi connectivity index (χ2v) is 13.6. The Morgan fingerprint density at radius 3 is 2.73 bits per heavy atom. The number of halogens is 6. The molecule has 3 aliphatic heterocycles. The summed E-state index contributed by atoms with van der Waals surface area (Å²) in [6.45, 7) is 4.20. The van der Waals surface area contributed by atoms with Crippen LogP contribution in [0.5, 0.6) is 6.01 Å². The molecule has 3 fully saturated rings. The lowest BCUT2D eigenvalue weighted by molar-refractivity contribution is -0.137. The lowest BCUT2D eigenvalue weighted by Gasteiger charge is -2.31. The molecule has 48 heavy (non-hydrogen) atoms. The summed E-state index contributed by atoms with van der Waals surface area (Å²) in [4.78, 5) is 30.1. The van der Waals surface area contributed by atoms with E-state index >= 15 is 4.39 Å². The number of carbonyl (C=O) groups is 1. The average Bonchev–Trinajstić information content (AvgIpc) is 3.80. The molecule has 2 N–H and O–H groups in total. The molecule has 254 valence electrons. The van der Waals surface area contributed by atoms with Gasteiger partial charge in [0.2, 0.25) is 5.91 Å². The van der Waals surface area contributed by atoms with Crippen LogP contribution >= 0.6 is 11.3 Å². The van der Waals surface area contributed by atoms with Gasteiger partial charge in [0.25, 0.3) is 0 Å². The third kappa shape index (κ3) is 5.47. The van der Waals surface area contributed by atoms with Gasteiger partial charge in [0.05, 0.1) is 39.4 Å². The highest BCUT2D eigenvalue weighted by Gasteiger charge is 2.49. The van der Waals surface area contributed by atoms with Crippen LogP contribution in [0, 0.1) is 5.82 Å². The maximum atomic E-state index is 15.4. The van der Waals surface area contributed by atoms with Gasteiger partial charge >= 0.3 is 12.2 Å². The van der Waals surface area contributed by atoms with E-state index in [1.54, 1.807) is 0 Å². The molecule has 4 aromatic rings. The SMILES string of the molecule is C=CC(=O)N1C[C@@H](F)[C@@H](N(C)c2nc(OC[C@@]34CCCN3C[C@H](F)C4)nc3cc(-c4ccc(F)c5sc(N)nc45)c(C(F)(F)F)cc23)C1. The topological polar surface area (TPSA) is 101 Å². The van der Waals surface area contributed by atoms with Crippen LogP contribution in [0.25, 0.3) is 32.2 Å². The number of nitrogens with two attached hydrogens (primary N) is 1. The number of likely N-dealkylation sites (N-methyl/N-ethyl adjacent to an activating group) is 1. The van der Waals surface area contributed by atoms with Crippen molar-refractivity contribution in [1.29, 1.82) is 0 Å². The van der Waals surface area contributed by atoms with Gasteiger partial charge in [-0.2, -0.15) is 23.1 Å². The first-order valence-corrected chi connectivity index (χ1v) is 16.2. The molecule has 5 heterocycles. The van der Waals surface area contributed by atoms with Gasteiger partial charge < -0.3 is 20.3 Å². The summed E-state index contributed by atoms with van der Waals surface area (Å²) in [6, 6.07) is 3.19. The highest BCUT2D eigenvalue weighted by Crippen LogP contribution is 2.45. The molecule has 16 heteroatoms. The molecule has 0 radical (unpaired) electrons. The fourth-order valence-corrected chi connectivity index (χ4v) is 8.13. The van der Waals surface area contributed by atoms with Crippen molar-refractivity contribution < 1.29 is 35.9 Å². The number of anilines is 2. The zero-order chi connectivity index (χ0) is 34.1. The molecule has 0 saturated carbocycles. The Labute approximate surface area is 275 Å². The molecule has 1 amide bonds. The summed E-state index contributed by atoms with van der Waals surface area (Å²) in [5, 5.41) is -0.0696. The molecule has 4 atom stereocenters.